The van der Waals surface area contributed by atoms with Gasteiger partial charge in [0.05, 0.1) is 6.61 Å². The van der Waals surface area contributed by atoms with E-state index < -0.39 is 5.24 Å². The van der Waals surface area contributed by atoms with Crippen LogP contribution in [0.4, 0.5) is 0 Å². The van der Waals surface area contributed by atoms with E-state index in [1.165, 1.54) is 0 Å². The molecule has 0 fully saturated rings. The maximum Gasteiger partial charge on any atom is 0.252 e. The summed E-state index contributed by atoms with van der Waals surface area (Å²) in [5.41, 5.74) is 1.51. The third-order valence-electron chi connectivity index (χ3n) is 2.72. The summed E-state index contributed by atoms with van der Waals surface area (Å²) in [7, 11) is 0. The highest BCUT2D eigenvalue weighted by molar-refractivity contribution is 6.67. The lowest BCUT2D eigenvalue weighted by atomic mass is 10.2. The Morgan fingerprint density at radius 1 is 0.950 bits per heavy atom. The average Bonchev–Trinajstić information content (AvgIpc) is 2.47. The predicted octanol–water partition coefficient (Wildman–Crippen LogP) is 4.04. The molecule has 0 aromatic heterocycles. The van der Waals surface area contributed by atoms with E-state index in [-0.39, 0.29) is 0 Å². The second-order valence-corrected chi connectivity index (χ2v) is 4.51. The van der Waals surface area contributed by atoms with Crippen LogP contribution in [0.25, 0.3) is 0 Å². The molecule has 0 atom stereocenters. The molecule has 0 spiro atoms. The zero-order valence-electron chi connectivity index (χ0n) is 11.1. The Balaban J connectivity index is 1.92. The van der Waals surface area contributed by atoms with Crippen LogP contribution in [-0.2, 0) is 6.61 Å². The Morgan fingerprint density at radius 2 is 1.50 bits per heavy atom. The van der Waals surface area contributed by atoms with Crippen LogP contribution in [0, 0.1) is 0 Å². The molecule has 0 aliphatic heterocycles. The molecule has 20 heavy (non-hydrogen) atoms. The molecule has 0 radical (unpaired) electrons. The molecule has 0 aliphatic carbocycles. The van der Waals surface area contributed by atoms with Gasteiger partial charge >= 0.3 is 0 Å². The summed E-state index contributed by atoms with van der Waals surface area (Å²) in [6.07, 6.45) is 0. The fourth-order valence-electron chi connectivity index (χ4n) is 1.70. The molecule has 2 aromatic rings. The second-order valence-electron chi connectivity index (χ2n) is 4.16. The van der Waals surface area contributed by atoms with E-state index in [1.807, 2.05) is 31.2 Å². The first-order valence-corrected chi connectivity index (χ1v) is 6.71. The minimum atomic E-state index is -0.469. The van der Waals surface area contributed by atoms with Gasteiger partial charge in [0.15, 0.2) is 0 Å². The molecular formula is C16H15ClO3. The van der Waals surface area contributed by atoms with Gasteiger partial charge in [-0.15, -0.1) is 0 Å². The molecule has 4 heteroatoms. The molecule has 0 heterocycles. The molecular weight excluding hydrogens is 276 g/mol. The Hall–Kier alpha value is -2.00. The number of carbonyl (C=O) groups is 1. The summed E-state index contributed by atoms with van der Waals surface area (Å²) >= 11 is 5.38. The van der Waals surface area contributed by atoms with E-state index in [0.717, 1.165) is 11.3 Å². The average molecular weight is 291 g/mol. The standard InChI is InChI=1S/C16H15ClO3/c1-2-19-14-7-3-12(4-8-14)11-20-15-9-5-13(6-10-15)16(17)18/h3-10H,2,11H2,1H3. The Bertz CT molecular complexity index is 561. The summed E-state index contributed by atoms with van der Waals surface area (Å²) in [6, 6.07) is 14.5. The summed E-state index contributed by atoms with van der Waals surface area (Å²) < 4.78 is 11.0. The Labute approximate surface area is 123 Å². The number of halogens is 1. The van der Waals surface area contributed by atoms with Crippen LogP contribution in [0.2, 0.25) is 0 Å². The van der Waals surface area contributed by atoms with Crippen LogP contribution < -0.4 is 9.47 Å². The highest BCUT2D eigenvalue weighted by Crippen LogP contribution is 2.17. The fourth-order valence-corrected chi connectivity index (χ4v) is 1.82. The predicted molar refractivity (Wildman–Crippen MR) is 78.6 cm³/mol. The quantitative estimate of drug-likeness (QED) is 0.753. The number of hydrogen-bond donors (Lipinski definition) is 0. The molecule has 0 unspecified atom stereocenters. The third kappa shape index (κ3) is 4.00. The largest absolute Gasteiger partial charge is 0.494 e. The number of carbonyl (C=O) groups excluding carboxylic acids is 1. The van der Waals surface area contributed by atoms with Gasteiger partial charge in [-0.3, -0.25) is 4.79 Å². The first-order chi connectivity index (χ1) is 9.69. The van der Waals surface area contributed by atoms with E-state index >= 15 is 0 Å². The summed E-state index contributed by atoms with van der Waals surface area (Å²) in [4.78, 5) is 10.9. The molecule has 0 aliphatic rings. The monoisotopic (exact) mass is 290 g/mol. The molecule has 0 N–H and O–H groups in total. The minimum Gasteiger partial charge on any atom is -0.494 e. The van der Waals surface area contributed by atoms with Gasteiger partial charge in [0.2, 0.25) is 0 Å². The van der Waals surface area contributed by atoms with Crippen molar-refractivity contribution >= 4 is 16.8 Å². The van der Waals surface area contributed by atoms with Crippen molar-refractivity contribution in [1.82, 2.24) is 0 Å². The van der Waals surface area contributed by atoms with Gasteiger partial charge in [-0.05, 0) is 60.5 Å². The maximum atomic E-state index is 10.9. The van der Waals surface area contributed by atoms with E-state index in [4.69, 9.17) is 21.1 Å². The molecule has 104 valence electrons. The number of ether oxygens (including phenoxy) is 2. The van der Waals surface area contributed by atoms with Gasteiger partial charge in [-0.1, -0.05) is 12.1 Å². The topological polar surface area (TPSA) is 35.5 Å². The van der Waals surface area contributed by atoms with Crippen molar-refractivity contribution in [2.45, 2.75) is 13.5 Å². The van der Waals surface area contributed by atoms with Crippen LogP contribution >= 0.6 is 11.6 Å². The van der Waals surface area contributed by atoms with Crippen molar-refractivity contribution < 1.29 is 14.3 Å². The highest BCUT2D eigenvalue weighted by Gasteiger charge is 2.02. The second kappa shape index (κ2) is 6.96. The lowest BCUT2D eigenvalue weighted by Crippen LogP contribution is -1.97. The smallest absolute Gasteiger partial charge is 0.252 e. The summed E-state index contributed by atoms with van der Waals surface area (Å²) in [5, 5.41) is -0.469. The molecule has 2 rings (SSSR count). The molecule has 0 saturated carbocycles. The molecule has 3 nitrogen and oxygen atoms in total. The molecule has 0 amide bonds. The van der Waals surface area contributed by atoms with Crippen LogP contribution in [0.1, 0.15) is 22.8 Å². The molecule has 2 aromatic carbocycles. The zero-order valence-corrected chi connectivity index (χ0v) is 11.9. The van der Waals surface area contributed by atoms with Crippen LogP contribution in [0.5, 0.6) is 11.5 Å². The van der Waals surface area contributed by atoms with Gasteiger partial charge in [0.1, 0.15) is 18.1 Å². The van der Waals surface area contributed by atoms with E-state index in [2.05, 4.69) is 0 Å². The van der Waals surface area contributed by atoms with E-state index in [1.54, 1.807) is 24.3 Å². The highest BCUT2D eigenvalue weighted by atomic mass is 35.5. The third-order valence-corrected chi connectivity index (χ3v) is 2.94. The van der Waals surface area contributed by atoms with Crippen LogP contribution in [0.3, 0.4) is 0 Å². The van der Waals surface area contributed by atoms with Gasteiger partial charge in [-0.25, -0.2) is 0 Å². The van der Waals surface area contributed by atoms with Crippen molar-refractivity contribution in [3.05, 3.63) is 59.7 Å². The van der Waals surface area contributed by atoms with Gasteiger partial charge < -0.3 is 9.47 Å². The molecule has 0 saturated heterocycles. The summed E-state index contributed by atoms with van der Waals surface area (Å²) in [6.45, 7) is 3.06. The first kappa shape index (κ1) is 14.4. The fraction of sp³-hybridized carbons (Fsp3) is 0.188. The Kier molecular flexibility index (Phi) is 5.02. The number of rotatable bonds is 6. The number of benzene rings is 2. The van der Waals surface area contributed by atoms with Crippen molar-refractivity contribution in [2.24, 2.45) is 0 Å². The van der Waals surface area contributed by atoms with Gasteiger partial charge in [0.25, 0.3) is 5.24 Å². The SMILES string of the molecule is CCOc1ccc(COc2ccc(C(=O)Cl)cc2)cc1. The van der Waals surface area contributed by atoms with Crippen molar-refractivity contribution in [2.75, 3.05) is 6.61 Å². The van der Waals surface area contributed by atoms with Crippen molar-refractivity contribution in [1.29, 1.82) is 0 Å². The van der Waals surface area contributed by atoms with E-state index in [9.17, 15) is 4.79 Å². The summed E-state index contributed by atoms with van der Waals surface area (Å²) in [5.74, 6) is 1.54. The Morgan fingerprint density at radius 3 is 2.05 bits per heavy atom. The van der Waals surface area contributed by atoms with E-state index in [0.29, 0.717) is 24.5 Å². The maximum absolute atomic E-state index is 10.9. The zero-order chi connectivity index (χ0) is 14.4. The number of hydrogen-bond acceptors (Lipinski definition) is 3. The van der Waals surface area contributed by atoms with Gasteiger partial charge in [0, 0.05) is 5.56 Å². The van der Waals surface area contributed by atoms with Crippen LogP contribution in [0.15, 0.2) is 48.5 Å². The first-order valence-electron chi connectivity index (χ1n) is 6.33. The van der Waals surface area contributed by atoms with Crippen molar-refractivity contribution in [3.63, 3.8) is 0 Å². The molecule has 0 bridgehead atoms. The normalized spacial score (nSPS) is 10.1. The van der Waals surface area contributed by atoms with Crippen LogP contribution in [-0.4, -0.2) is 11.8 Å². The van der Waals surface area contributed by atoms with Crippen molar-refractivity contribution in [3.8, 4) is 11.5 Å². The van der Waals surface area contributed by atoms with Gasteiger partial charge in [-0.2, -0.15) is 0 Å². The minimum absolute atomic E-state index is 0.458. The lowest BCUT2D eigenvalue weighted by molar-refractivity contribution is 0.108. The lowest BCUT2D eigenvalue weighted by Gasteiger charge is -2.08.